The van der Waals surface area contributed by atoms with Crippen LogP contribution in [-0.2, 0) is 0 Å². The fourth-order valence-corrected chi connectivity index (χ4v) is 1.09. The molecular formula is C9H21NO. The van der Waals surface area contributed by atoms with Gasteiger partial charge in [-0.05, 0) is 26.4 Å². The third kappa shape index (κ3) is 3.73. The van der Waals surface area contributed by atoms with Crippen LogP contribution in [0.15, 0.2) is 0 Å². The predicted molar refractivity (Wildman–Crippen MR) is 48.7 cm³/mol. The van der Waals surface area contributed by atoms with Crippen LogP contribution < -0.4 is 0 Å². The summed E-state index contributed by atoms with van der Waals surface area (Å²) in [6.07, 6.45) is 1.68. The summed E-state index contributed by atoms with van der Waals surface area (Å²) in [4.78, 5) is 2.15. The lowest BCUT2D eigenvalue weighted by Crippen LogP contribution is -2.40. The van der Waals surface area contributed by atoms with Crippen LogP contribution >= 0.6 is 0 Å². The van der Waals surface area contributed by atoms with Gasteiger partial charge in [0, 0.05) is 6.54 Å². The normalized spacial score (nSPS) is 12.5. The molecule has 0 radical (unpaired) electrons. The second-order valence-corrected chi connectivity index (χ2v) is 3.26. The molecule has 11 heavy (non-hydrogen) atoms. The minimum atomic E-state index is -0.467. The molecule has 0 aromatic heterocycles. The van der Waals surface area contributed by atoms with E-state index in [4.69, 9.17) is 0 Å². The molecule has 1 N–H and O–H groups in total. The van der Waals surface area contributed by atoms with Crippen LogP contribution in [0.5, 0.6) is 0 Å². The highest BCUT2D eigenvalue weighted by atomic mass is 16.3. The van der Waals surface area contributed by atoms with E-state index in [9.17, 15) is 5.11 Å². The summed E-state index contributed by atoms with van der Waals surface area (Å²) in [5.41, 5.74) is -0.467. The number of rotatable bonds is 5. The molecule has 0 aromatic carbocycles. The largest absolute Gasteiger partial charge is 0.389 e. The van der Waals surface area contributed by atoms with Crippen LogP contribution in [0.3, 0.4) is 0 Å². The molecule has 0 spiro atoms. The lowest BCUT2D eigenvalue weighted by Gasteiger charge is -2.29. The Bertz CT molecular complexity index is 99.7. The highest BCUT2D eigenvalue weighted by Crippen LogP contribution is 2.15. The summed E-state index contributed by atoms with van der Waals surface area (Å²) < 4.78 is 0. The summed E-state index contributed by atoms with van der Waals surface area (Å²) in [7, 11) is 2.04. The standard InChI is InChI=1S/C9H21NO/c1-5-9(11,6-2)8-10(4)7-3/h11H,5-8H2,1-4H3. The van der Waals surface area contributed by atoms with E-state index >= 15 is 0 Å². The van der Waals surface area contributed by atoms with Gasteiger partial charge in [-0.25, -0.2) is 0 Å². The Morgan fingerprint density at radius 2 is 1.64 bits per heavy atom. The Kier molecular flexibility index (Phi) is 4.69. The van der Waals surface area contributed by atoms with Gasteiger partial charge in [-0.15, -0.1) is 0 Å². The first-order valence-electron chi connectivity index (χ1n) is 4.49. The molecule has 0 atom stereocenters. The molecule has 68 valence electrons. The van der Waals surface area contributed by atoms with Crippen molar-refractivity contribution in [2.45, 2.75) is 39.2 Å². The van der Waals surface area contributed by atoms with Gasteiger partial charge < -0.3 is 10.0 Å². The Hall–Kier alpha value is -0.0800. The molecule has 0 aliphatic heterocycles. The molecule has 0 aliphatic carbocycles. The average molecular weight is 159 g/mol. The van der Waals surface area contributed by atoms with Gasteiger partial charge in [0.25, 0.3) is 0 Å². The van der Waals surface area contributed by atoms with Crippen LogP contribution in [0.1, 0.15) is 33.6 Å². The zero-order chi connectivity index (χ0) is 8.91. The molecule has 2 heteroatoms. The molecule has 0 saturated carbocycles. The summed E-state index contributed by atoms with van der Waals surface area (Å²) in [6, 6.07) is 0. The lowest BCUT2D eigenvalue weighted by atomic mass is 9.97. The molecule has 0 amide bonds. The van der Waals surface area contributed by atoms with Gasteiger partial charge in [0.05, 0.1) is 5.60 Å². The molecule has 2 nitrogen and oxygen atoms in total. The Morgan fingerprint density at radius 1 is 1.18 bits per heavy atom. The van der Waals surface area contributed by atoms with Crippen molar-refractivity contribution in [3.05, 3.63) is 0 Å². The summed E-state index contributed by atoms with van der Waals surface area (Å²) >= 11 is 0. The van der Waals surface area contributed by atoms with Crippen molar-refractivity contribution in [2.75, 3.05) is 20.1 Å². The van der Waals surface area contributed by atoms with E-state index in [0.29, 0.717) is 0 Å². The minimum absolute atomic E-state index is 0.467. The third-order valence-electron chi connectivity index (χ3n) is 2.42. The summed E-state index contributed by atoms with van der Waals surface area (Å²) in [6.45, 7) is 7.96. The Labute approximate surface area is 70.2 Å². The lowest BCUT2D eigenvalue weighted by molar-refractivity contribution is 0.00425. The highest BCUT2D eigenvalue weighted by Gasteiger charge is 2.22. The smallest absolute Gasteiger partial charge is 0.0768 e. The minimum Gasteiger partial charge on any atom is -0.389 e. The van der Waals surface area contributed by atoms with Gasteiger partial charge in [0.1, 0.15) is 0 Å². The highest BCUT2D eigenvalue weighted by molar-refractivity contribution is 4.77. The second kappa shape index (κ2) is 4.73. The number of hydrogen-bond acceptors (Lipinski definition) is 2. The van der Waals surface area contributed by atoms with Crippen LogP contribution in [0.4, 0.5) is 0 Å². The fraction of sp³-hybridized carbons (Fsp3) is 1.00. The van der Waals surface area contributed by atoms with Gasteiger partial charge in [-0.3, -0.25) is 0 Å². The summed E-state index contributed by atoms with van der Waals surface area (Å²) in [5.74, 6) is 0. The zero-order valence-electron chi connectivity index (χ0n) is 8.22. The third-order valence-corrected chi connectivity index (χ3v) is 2.42. The first-order chi connectivity index (χ1) is 5.08. The van der Waals surface area contributed by atoms with Crippen LogP contribution in [-0.4, -0.2) is 35.7 Å². The van der Waals surface area contributed by atoms with Crippen molar-refractivity contribution in [2.24, 2.45) is 0 Å². The first kappa shape index (κ1) is 10.9. The van der Waals surface area contributed by atoms with Gasteiger partial charge >= 0.3 is 0 Å². The molecular weight excluding hydrogens is 138 g/mol. The molecule has 0 heterocycles. The van der Waals surface area contributed by atoms with E-state index in [-0.39, 0.29) is 0 Å². The fourth-order valence-electron chi connectivity index (χ4n) is 1.09. The number of nitrogens with zero attached hydrogens (tertiary/aromatic N) is 1. The molecule has 0 bridgehead atoms. The van der Waals surface area contributed by atoms with Gasteiger partial charge in [0.15, 0.2) is 0 Å². The summed E-state index contributed by atoms with van der Waals surface area (Å²) in [5, 5.41) is 9.89. The first-order valence-corrected chi connectivity index (χ1v) is 4.49. The van der Waals surface area contributed by atoms with E-state index in [1.807, 2.05) is 20.9 Å². The van der Waals surface area contributed by atoms with Crippen LogP contribution in [0.2, 0.25) is 0 Å². The second-order valence-electron chi connectivity index (χ2n) is 3.26. The molecule has 0 rings (SSSR count). The number of hydrogen-bond donors (Lipinski definition) is 1. The zero-order valence-corrected chi connectivity index (χ0v) is 8.22. The van der Waals surface area contributed by atoms with Crippen LogP contribution in [0, 0.1) is 0 Å². The van der Waals surface area contributed by atoms with E-state index in [1.165, 1.54) is 0 Å². The monoisotopic (exact) mass is 159 g/mol. The topological polar surface area (TPSA) is 23.5 Å². The van der Waals surface area contributed by atoms with Crippen molar-refractivity contribution >= 4 is 0 Å². The molecule has 0 unspecified atom stereocenters. The molecule has 0 aromatic rings. The van der Waals surface area contributed by atoms with E-state index in [2.05, 4.69) is 11.8 Å². The van der Waals surface area contributed by atoms with Gasteiger partial charge in [-0.2, -0.15) is 0 Å². The van der Waals surface area contributed by atoms with E-state index < -0.39 is 5.60 Å². The average Bonchev–Trinajstić information content (AvgIpc) is 2.04. The number of likely N-dealkylation sites (N-methyl/N-ethyl adjacent to an activating group) is 1. The molecule has 0 fully saturated rings. The van der Waals surface area contributed by atoms with Crippen molar-refractivity contribution in [1.29, 1.82) is 0 Å². The van der Waals surface area contributed by atoms with Crippen molar-refractivity contribution < 1.29 is 5.11 Å². The van der Waals surface area contributed by atoms with Crippen molar-refractivity contribution in [3.8, 4) is 0 Å². The van der Waals surface area contributed by atoms with E-state index in [1.54, 1.807) is 0 Å². The molecule has 0 saturated heterocycles. The van der Waals surface area contributed by atoms with Crippen molar-refractivity contribution in [3.63, 3.8) is 0 Å². The quantitative estimate of drug-likeness (QED) is 0.657. The SMILES string of the molecule is CCN(C)CC(O)(CC)CC. The van der Waals surface area contributed by atoms with Crippen molar-refractivity contribution in [1.82, 2.24) is 4.90 Å². The Balaban J connectivity index is 3.86. The van der Waals surface area contributed by atoms with Gasteiger partial charge in [0.2, 0.25) is 0 Å². The maximum absolute atomic E-state index is 9.89. The van der Waals surface area contributed by atoms with E-state index in [0.717, 1.165) is 25.9 Å². The van der Waals surface area contributed by atoms with Gasteiger partial charge in [-0.1, -0.05) is 20.8 Å². The maximum atomic E-state index is 9.89. The predicted octanol–water partition coefficient (Wildman–Crippen LogP) is 1.49. The van der Waals surface area contributed by atoms with Crippen LogP contribution in [0.25, 0.3) is 0 Å². The Morgan fingerprint density at radius 3 is 1.91 bits per heavy atom. The molecule has 0 aliphatic rings. The number of aliphatic hydroxyl groups is 1. The maximum Gasteiger partial charge on any atom is 0.0768 e.